The highest BCUT2D eigenvalue weighted by molar-refractivity contribution is 6.04. The third kappa shape index (κ3) is 5.90. The molecule has 0 unspecified atom stereocenters. The molecule has 0 fully saturated rings. The van der Waals surface area contributed by atoms with Crippen molar-refractivity contribution < 1.29 is 14.4 Å². The Morgan fingerprint density at radius 1 is 0.700 bits per heavy atom. The van der Waals surface area contributed by atoms with Crippen LogP contribution in [0.2, 0.25) is 0 Å². The second-order valence-electron chi connectivity index (χ2n) is 6.58. The SMILES string of the molecule is Cc1ccc(/C=C/C(=O)NNC(=O)c2ccc(NC(=O)c3ccccc3)cc2)cc1. The van der Waals surface area contributed by atoms with Crippen LogP contribution in [0.1, 0.15) is 31.8 Å². The average Bonchev–Trinajstić information content (AvgIpc) is 2.78. The van der Waals surface area contributed by atoms with E-state index in [4.69, 9.17) is 0 Å². The third-order valence-electron chi connectivity index (χ3n) is 4.24. The van der Waals surface area contributed by atoms with Gasteiger partial charge in [-0.2, -0.15) is 0 Å². The molecule has 30 heavy (non-hydrogen) atoms. The quantitative estimate of drug-likeness (QED) is 0.451. The van der Waals surface area contributed by atoms with E-state index in [1.54, 1.807) is 54.6 Å². The number of anilines is 1. The first-order valence-corrected chi connectivity index (χ1v) is 9.33. The number of aryl methyl sites for hydroxylation is 1. The molecule has 3 rings (SSSR count). The molecule has 150 valence electrons. The minimum absolute atomic E-state index is 0.236. The zero-order chi connectivity index (χ0) is 21.3. The van der Waals surface area contributed by atoms with Crippen molar-refractivity contribution in [2.75, 3.05) is 5.32 Å². The predicted molar refractivity (Wildman–Crippen MR) is 117 cm³/mol. The molecule has 3 amide bonds. The average molecular weight is 399 g/mol. The first-order chi connectivity index (χ1) is 14.5. The Hall–Kier alpha value is -4.19. The van der Waals surface area contributed by atoms with Gasteiger partial charge in [0.2, 0.25) is 0 Å². The molecule has 3 aromatic rings. The Balaban J connectivity index is 1.50. The lowest BCUT2D eigenvalue weighted by Crippen LogP contribution is -2.40. The van der Waals surface area contributed by atoms with Crippen LogP contribution in [0.3, 0.4) is 0 Å². The van der Waals surface area contributed by atoms with Gasteiger partial charge in [-0.15, -0.1) is 0 Å². The second kappa shape index (κ2) is 9.84. The summed E-state index contributed by atoms with van der Waals surface area (Å²) < 4.78 is 0. The molecule has 0 spiro atoms. The number of benzene rings is 3. The van der Waals surface area contributed by atoms with E-state index in [1.165, 1.54) is 6.08 Å². The highest BCUT2D eigenvalue weighted by atomic mass is 16.2. The van der Waals surface area contributed by atoms with E-state index in [9.17, 15) is 14.4 Å². The van der Waals surface area contributed by atoms with E-state index in [0.717, 1.165) is 11.1 Å². The summed E-state index contributed by atoms with van der Waals surface area (Å²) in [5.74, 6) is -1.15. The fourth-order valence-electron chi connectivity index (χ4n) is 2.58. The molecule has 6 nitrogen and oxygen atoms in total. The molecule has 0 aliphatic heterocycles. The molecular weight excluding hydrogens is 378 g/mol. The van der Waals surface area contributed by atoms with Gasteiger partial charge in [0.05, 0.1) is 0 Å². The Labute approximate surface area is 174 Å². The maximum Gasteiger partial charge on any atom is 0.269 e. The van der Waals surface area contributed by atoms with Crippen LogP contribution in [0.15, 0.2) is 84.9 Å². The molecule has 0 atom stereocenters. The summed E-state index contributed by atoms with van der Waals surface area (Å²) in [5, 5.41) is 2.76. The fraction of sp³-hybridized carbons (Fsp3) is 0.0417. The molecule has 0 saturated carbocycles. The van der Waals surface area contributed by atoms with Crippen LogP contribution in [0.4, 0.5) is 5.69 Å². The van der Waals surface area contributed by atoms with E-state index in [1.807, 2.05) is 37.3 Å². The third-order valence-corrected chi connectivity index (χ3v) is 4.24. The van der Waals surface area contributed by atoms with Crippen molar-refractivity contribution in [3.8, 4) is 0 Å². The first kappa shape index (κ1) is 20.5. The van der Waals surface area contributed by atoms with Crippen molar-refractivity contribution in [1.82, 2.24) is 10.9 Å². The number of hydrogen-bond donors (Lipinski definition) is 3. The number of rotatable bonds is 5. The van der Waals surface area contributed by atoms with Gasteiger partial charge in [0.15, 0.2) is 0 Å². The lowest BCUT2D eigenvalue weighted by Gasteiger charge is -2.08. The van der Waals surface area contributed by atoms with Gasteiger partial charge in [0.25, 0.3) is 17.7 Å². The molecule has 0 heterocycles. The van der Waals surface area contributed by atoms with E-state index in [0.29, 0.717) is 16.8 Å². The molecule has 0 radical (unpaired) electrons. The first-order valence-electron chi connectivity index (χ1n) is 9.33. The number of nitrogens with one attached hydrogen (secondary N) is 3. The standard InChI is InChI=1S/C24H21N3O3/c1-17-7-9-18(10-8-17)11-16-22(28)26-27-24(30)20-12-14-21(15-13-20)25-23(29)19-5-3-2-4-6-19/h2-16H,1H3,(H,25,29)(H,26,28)(H,27,30)/b16-11+. The minimum Gasteiger partial charge on any atom is -0.322 e. The maximum absolute atomic E-state index is 12.2. The van der Waals surface area contributed by atoms with E-state index < -0.39 is 11.8 Å². The van der Waals surface area contributed by atoms with Gasteiger partial charge in [0.1, 0.15) is 0 Å². The molecule has 0 saturated heterocycles. The van der Waals surface area contributed by atoms with Crippen molar-refractivity contribution in [2.45, 2.75) is 6.92 Å². The molecule has 0 bridgehead atoms. The van der Waals surface area contributed by atoms with E-state index in [2.05, 4.69) is 16.2 Å². The van der Waals surface area contributed by atoms with Crippen LogP contribution < -0.4 is 16.2 Å². The number of carbonyl (C=O) groups is 3. The van der Waals surface area contributed by atoms with Gasteiger partial charge in [-0.1, -0.05) is 48.0 Å². The zero-order valence-corrected chi connectivity index (χ0v) is 16.4. The van der Waals surface area contributed by atoms with Crippen molar-refractivity contribution in [2.24, 2.45) is 0 Å². The van der Waals surface area contributed by atoms with Crippen LogP contribution in [0.25, 0.3) is 6.08 Å². The topological polar surface area (TPSA) is 87.3 Å². The number of amides is 3. The van der Waals surface area contributed by atoms with Crippen molar-refractivity contribution in [1.29, 1.82) is 0 Å². The van der Waals surface area contributed by atoms with Crippen molar-refractivity contribution >= 4 is 29.5 Å². The Bertz CT molecular complexity index is 1060. The van der Waals surface area contributed by atoms with Gasteiger partial charge in [-0.25, -0.2) is 0 Å². The van der Waals surface area contributed by atoms with Gasteiger partial charge in [-0.05, 0) is 55.0 Å². The second-order valence-corrected chi connectivity index (χ2v) is 6.58. The molecule has 6 heteroatoms. The zero-order valence-electron chi connectivity index (χ0n) is 16.4. The normalized spacial score (nSPS) is 10.4. The summed E-state index contributed by atoms with van der Waals surface area (Å²) in [4.78, 5) is 36.2. The van der Waals surface area contributed by atoms with Crippen molar-refractivity contribution in [3.05, 3.63) is 107 Å². The summed E-state index contributed by atoms with van der Waals surface area (Å²) in [6.07, 6.45) is 3.00. The van der Waals surface area contributed by atoms with Gasteiger partial charge in [-0.3, -0.25) is 25.2 Å². The minimum atomic E-state index is -0.465. The molecule has 0 aliphatic carbocycles. The highest BCUT2D eigenvalue weighted by Gasteiger charge is 2.08. The van der Waals surface area contributed by atoms with Crippen LogP contribution >= 0.6 is 0 Å². The number of hydrazine groups is 1. The van der Waals surface area contributed by atoms with Gasteiger partial charge >= 0.3 is 0 Å². The summed E-state index contributed by atoms with van der Waals surface area (Å²) in [6, 6.07) is 22.9. The van der Waals surface area contributed by atoms with E-state index in [-0.39, 0.29) is 5.91 Å². The van der Waals surface area contributed by atoms with Crippen molar-refractivity contribution in [3.63, 3.8) is 0 Å². The smallest absolute Gasteiger partial charge is 0.269 e. The largest absolute Gasteiger partial charge is 0.322 e. The Morgan fingerprint density at radius 3 is 2.00 bits per heavy atom. The lowest BCUT2D eigenvalue weighted by atomic mass is 10.1. The van der Waals surface area contributed by atoms with E-state index >= 15 is 0 Å². The van der Waals surface area contributed by atoms with Gasteiger partial charge < -0.3 is 5.32 Å². The number of carbonyl (C=O) groups excluding carboxylic acids is 3. The monoisotopic (exact) mass is 399 g/mol. The molecule has 0 aromatic heterocycles. The molecular formula is C24H21N3O3. The summed E-state index contributed by atoms with van der Waals surface area (Å²) >= 11 is 0. The predicted octanol–water partition coefficient (Wildman–Crippen LogP) is 3.72. The summed E-state index contributed by atoms with van der Waals surface area (Å²) in [5.41, 5.74) is 8.15. The highest BCUT2D eigenvalue weighted by Crippen LogP contribution is 2.11. The fourth-order valence-corrected chi connectivity index (χ4v) is 2.58. The molecule has 3 N–H and O–H groups in total. The Morgan fingerprint density at radius 2 is 1.33 bits per heavy atom. The van der Waals surface area contributed by atoms with Crippen LogP contribution in [-0.2, 0) is 4.79 Å². The number of hydrogen-bond acceptors (Lipinski definition) is 3. The van der Waals surface area contributed by atoms with Crippen LogP contribution in [0.5, 0.6) is 0 Å². The Kier molecular flexibility index (Phi) is 6.74. The lowest BCUT2D eigenvalue weighted by molar-refractivity contribution is -0.117. The maximum atomic E-state index is 12.2. The summed E-state index contributed by atoms with van der Waals surface area (Å²) in [7, 11) is 0. The molecule has 3 aromatic carbocycles. The van der Waals surface area contributed by atoms with Crippen LogP contribution in [0, 0.1) is 6.92 Å². The molecule has 0 aliphatic rings. The van der Waals surface area contributed by atoms with Crippen LogP contribution in [-0.4, -0.2) is 17.7 Å². The van der Waals surface area contributed by atoms with Gasteiger partial charge in [0, 0.05) is 22.9 Å². The summed E-state index contributed by atoms with van der Waals surface area (Å²) in [6.45, 7) is 1.99.